The average molecular weight is 479 g/mol. The number of hydrogen-bond acceptors (Lipinski definition) is 6. The van der Waals surface area contributed by atoms with Crippen LogP contribution in [-0.2, 0) is 11.0 Å². The molecule has 0 atom stereocenters. The zero-order valence-electron chi connectivity index (χ0n) is 15.7. The minimum atomic E-state index is -4.53. The van der Waals surface area contributed by atoms with Gasteiger partial charge in [0.2, 0.25) is 0 Å². The van der Waals surface area contributed by atoms with E-state index in [-0.39, 0.29) is 52.9 Å². The molecule has 166 valence electrons. The van der Waals surface area contributed by atoms with Crippen LogP contribution in [0.15, 0.2) is 30.5 Å². The highest BCUT2D eigenvalue weighted by Gasteiger charge is 2.32. The van der Waals surface area contributed by atoms with Crippen molar-refractivity contribution in [3.05, 3.63) is 56.2 Å². The van der Waals surface area contributed by atoms with Gasteiger partial charge in [-0.1, -0.05) is 23.2 Å². The fourth-order valence-electron chi connectivity index (χ4n) is 2.94. The number of amides is 1. The van der Waals surface area contributed by atoms with Crippen LogP contribution in [0.1, 0.15) is 5.56 Å². The van der Waals surface area contributed by atoms with Crippen LogP contribution < -0.4 is 9.64 Å². The number of carbonyl (C=O) groups is 1. The lowest BCUT2D eigenvalue weighted by molar-refractivity contribution is -0.384. The van der Waals surface area contributed by atoms with Gasteiger partial charge in [0, 0.05) is 44.5 Å². The van der Waals surface area contributed by atoms with Gasteiger partial charge < -0.3 is 14.5 Å². The molecule has 1 aliphatic heterocycles. The molecule has 0 spiro atoms. The van der Waals surface area contributed by atoms with Gasteiger partial charge in [-0.25, -0.2) is 4.98 Å². The summed E-state index contributed by atoms with van der Waals surface area (Å²) >= 11 is 11.9. The van der Waals surface area contributed by atoms with Gasteiger partial charge in [0.1, 0.15) is 11.6 Å². The van der Waals surface area contributed by atoms with Gasteiger partial charge in [-0.15, -0.1) is 0 Å². The average Bonchev–Trinajstić information content (AvgIpc) is 2.72. The minimum Gasteiger partial charge on any atom is -0.482 e. The summed E-state index contributed by atoms with van der Waals surface area (Å²) in [6, 6.07) is 4.47. The molecule has 2 heterocycles. The summed E-state index contributed by atoms with van der Waals surface area (Å²) in [6.07, 6.45) is -3.81. The number of non-ortho nitro benzene ring substituents is 1. The smallest absolute Gasteiger partial charge is 0.417 e. The number of pyridine rings is 1. The Kier molecular flexibility index (Phi) is 6.75. The van der Waals surface area contributed by atoms with Crippen LogP contribution in [0.3, 0.4) is 0 Å². The molecule has 31 heavy (non-hydrogen) atoms. The van der Waals surface area contributed by atoms with Gasteiger partial charge in [0.25, 0.3) is 11.6 Å². The van der Waals surface area contributed by atoms with Crippen LogP contribution in [0, 0.1) is 10.1 Å². The lowest BCUT2D eigenvalue weighted by Crippen LogP contribution is -2.50. The van der Waals surface area contributed by atoms with Gasteiger partial charge in [-0.3, -0.25) is 14.9 Å². The molecule has 8 nitrogen and oxygen atoms in total. The highest BCUT2D eigenvalue weighted by molar-refractivity contribution is 6.33. The Balaban J connectivity index is 1.55. The van der Waals surface area contributed by atoms with Gasteiger partial charge in [-0.2, -0.15) is 13.2 Å². The molecular formula is C18H15Cl2F3N4O4. The van der Waals surface area contributed by atoms with E-state index in [1.165, 1.54) is 17.0 Å². The van der Waals surface area contributed by atoms with Crippen LogP contribution in [0.4, 0.5) is 24.7 Å². The summed E-state index contributed by atoms with van der Waals surface area (Å²) in [5.41, 5.74) is -1.13. The van der Waals surface area contributed by atoms with Gasteiger partial charge in [0.15, 0.2) is 6.61 Å². The molecule has 0 saturated carbocycles. The van der Waals surface area contributed by atoms with Crippen molar-refractivity contribution in [3.63, 3.8) is 0 Å². The maximum atomic E-state index is 12.8. The van der Waals surface area contributed by atoms with E-state index in [0.29, 0.717) is 13.1 Å². The first-order valence-electron chi connectivity index (χ1n) is 8.88. The van der Waals surface area contributed by atoms with Crippen molar-refractivity contribution < 1.29 is 27.6 Å². The fourth-order valence-corrected chi connectivity index (χ4v) is 3.45. The second-order valence-electron chi connectivity index (χ2n) is 6.56. The quantitative estimate of drug-likeness (QED) is 0.475. The molecule has 1 fully saturated rings. The normalized spacial score (nSPS) is 14.5. The van der Waals surface area contributed by atoms with E-state index in [2.05, 4.69) is 4.98 Å². The number of benzene rings is 1. The Morgan fingerprint density at radius 3 is 2.39 bits per heavy atom. The summed E-state index contributed by atoms with van der Waals surface area (Å²) in [4.78, 5) is 29.6. The largest absolute Gasteiger partial charge is 0.482 e. The Hall–Kier alpha value is -2.79. The Morgan fingerprint density at radius 2 is 1.84 bits per heavy atom. The highest BCUT2D eigenvalue weighted by atomic mass is 35.5. The second-order valence-corrected chi connectivity index (χ2v) is 7.37. The van der Waals surface area contributed by atoms with E-state index >= 15 is 0 Å². The fraction of sp³-hybridized carbons (Fsp3) is 0.333. The van der Waals surface area contributed by atoms with Crippen molar-refractivity contribution >= 4 is 40.6 Å². The number of ether oxygens (including phenoxy) is 1. The summed E-state index contributed by atoms with van der Waals surface area (Å²) in [5.74, 6) is 0.0243. The topological polar surface area (TPSA) is 88.8 Å². The van der Waals surface area contributed by atoms with Gasteiger partial charge in [0.05, 0.1) is 20.5 Å². The number of halogens is 5. The molecule has 0 unspecified atom stereocenters. The van der Waals surface area contributed by atoms with E-state index in [0.717, 1.165) is 18.3 Å². The van der Waals surface area contributed by atoms with Crippen molar-refractivity contribution in [2.24, 2.45) is 0 Å². The van der Waals surface area contributed by atoms with Crippen LogP contribution in [0.25, 0.3) is 0 Å². The lowest BCUT2D eigenvalue weighted by atomic mass is 10.2. The molecule has 2 aromatic rings. The molecule has 1 aliphatic rings. The maximum Gasteiger partial charge on any atom is 0.417 e. The number of piperazine rings is 1. The number of carbonyl (C=O) groups excluding carboxylic acids is 1. The van der Waals surface area contributed by atoms with Crippen LogP contribution in [0.2, 0.25) is 10.0 Å². The SMILES string of the molecule is O=C(COc1ccc([N+](=O)[O-])cc1Cl)N1CCN(c2ncc(C(F)(F)F)cc2Cl)CC1. The van der Waals surface area contributed by atoms with Crippen LogP contribution >= 0.6 is 23.2 Å². The van der Waals surface area contributed by atoms with Crippen molar-refractivity contribution in [2.75, 3.05) is 37.7 Å². The molecule has 13 heteroatoms. The predicted molar refractivity (Wildman–Crippen MR) is 107 cm³/mol. The third kappa shape index (κ3) is 5.47. The van der Waals surface area contributed by atoms with Crippen LogP contribution in [0.5, 0.6) is 5.75 Å². The van der Waals surface area contributed by atoms with Crippen molar-refractivity contribution in [3.8, 4) is 5.75 Å². The predicted octanol–water partition coefficient (Wildman–Crippen LogP) is 4.04. The molecule has 0 bridgehead atoms. The number of hydrogen-bond donors (Lipinski definition) is 0. The summed E-state index contributed by atoms with van der Waals surface area (Å²) in [5, 5.41) is 10.6. The number of aromatic nitrogens is 1. The Labute approximate surface area is 184 Å². The molecule has 1 amide bonds. The van der Waals surface area contributed by atoms with Crippen molar-refractivity contribution in [1.82, 2.24) is 9.88 Å². The first-order chi connectivity index (χ1) is 14.6. The monoisotopic (exact) mass is 478 g/mol. The second kappa shape index (κ2) is 9.15. The third-order valence-corrected chi connectivity index (χ3v) is 5.13. The molecule has 0 radical (unpaired) electrons. The molecule has 1 saturated heterocycles. The van der Waals surface area contributed by atoms with Crippen LogP contribution in [-0.4, -0.2) is 53.5 Å². The number of anilines is 1. The summed E-state index contributed by atoms with van der Waals surface area (Å²) in [6.45, 7) is 0.894. The highest BCUT2D eigenvalue weighted by Crippen LogP contribution is 2.34. The number of nitrogens with zero attached hydrogens (tertiary/aromatic N) is 4. The van der Waals surface area contributed by atoms with E-state index in [9.17, 15) is 28.1 Å². The van der Waals surface area contributed by atoms with Crippen molar-refractivity contribution in [1.29, 1.82) is 0 Å². The minimum absolute atomic E-state index is 0.00911. The number of nitro benzene ring substituents is 1. The van der Waals surface area contributed by atoms with E-state index in [4.69, 9.17) is 27.9 Å². The summed E-state index contributed by atoms with van der Waals surface area (Å²) in [7, 11) is 0. The van der Waals surface area contributed by atoms with E-state index in [1.54, 1.807) is 4.90 Å². The third-order valence-electron chi connectivity index (χ3n) is 4.56. The standard InChI is InChI=1S/C18H15Cl2F3N4O4/c19-13-8-12(27(29)30)1-2-15(13)31-10-16(28)25-3-5-26(6-4-25)17-14(20)7-11(9-24-17)18(21,22)23/h1-2,7-9H,3-6,10H2. The molecule has 0 N–H and O–H groups in total. The van der Waals surface area contributed by atoms with Crippen molar-refractivity contribution in [2.45, 2.75) is 6.18 Å². The van der Waals surface area contributed by atoms with E-state index in [1.807, 2.05) is 0 Å². The zero-order chi connectivity index (χ0) is 22.8. The number of rotatable bonds is 5. The first kappa shape index (κ1) is 22.9. The maximum absolute atomic E-state index is 12.8. The van der Waals surface area contributed by atoms with Gasteiger partial charge in [-0.05, 0) is 12.1 Å². The first-order valence-corrected chi connectivity index (χ1v) is 9.64. The zero-order valence-corrected chi connectivity index (χ0v) is 17.2. The summed E-state index contributed by atoms with van der Waals surface area (Å²) < 4.78 is 43.6. The molecule has 1 aromatic carbocycles. The van der Waals surface area contributed by atoms with E-state index < -0.39 is 16.7 Å². The molecule has 3 rings (SSSR count). The Morgan fingerprint density at radius 1 is 1.16 bits per heavy atom. The number of alkyl halides is 3. The molecule has 0 aliphatic carbocycles. The number of nitro groups is 1. The lowest BCUT2D eigenvalue weighted by Gasteiger charge is -2.35. The van der Waals surface area contributed by atoms with Gasteiger partial charge >= 0.3 is 6.18 Å². The molecular weight excluding hydrogens is 464 g/mol. The Bertz CT molecular complexity index is 998. The molecule has 1 aromatic heterocycles.